The third-order valence-electron chi connectivity index (χ3n) is 2.30. The molecule has 0 unspecified atom stereocenters. The zero-order valence-electron chi connectivity index (χ0n) is 10.2. The van der Waals surface area contributed by atoms with Gasteiger partial charge in [0, 0.05) is 6.10 Å². The van der Waals surface area contributed by atoms with Crippen LogP contribution < -0.4 is 9.92 Å². The van der Waals surface area contributed by atoms with Gasteiger partial charge in [-0.25, -0.2) is 0 Å². The highest BCUT2D eigenvalue weighted by Crippen LogP contribution is 2.13. The molecule has 0 aliphatic heterocycles. The fourth-order valence-corrected chi connectivity index (χ4v) is 3.96. The first-order valence-corrected chi connectivity index (χ1v) is 8.19. The molecule has 84 valence electrons. The van der Waals surface area contributed by atoms with E-state index in [4.69, 9.17) is 9.16 Å². The van der Waals surface area contributed by atoms with Crippen molar-refractivity contribution < 1.29 is 9.16 Å². The summed E-state index contributed by atoms with van der Waals surface area (Å²) in [5.74, 6) is 0.903. The van der Waals surface area contributed by atoms with Gasteiger partial charge in [0.15, 0.2) is 0 Å². The minimum Gasteiger partial charge on any atom is -0.497 e. The standard InChI is InChI=1S/C12H20O2Si/c1-10(2)14-15(4,5)12-8-6-7-11(9-12)13-3/h6-10H,1-5H3. The highest BCUT2D eigenvalue weighted by molar-refractivity contribution is 6.84. The summed E-state index contributed by atoms with van der Waals surface area (Å²) in [5, 5.41) is 1.27. The van der Waals surface area contributed by atoms with Gasteiger partial charge in [0.05, 0.1) is 7.11 Å². The lowest BCUT2D eigenvalue weighted by molar-refractivity contribution is 0.238. The van der Waals surface area contributed by atoms with E-state index < -0.39 is 8.32 Å². The van der Waals surface area contributed by atoms with Crippen LogP contribution in [0.25, 0.3) is 0 Å². The maximum atomic E-state index is 6.01. The molecule has 0 aliphatic rings. The quantitative estimate of drug-likeness (QED) is 0.732. The fraction of sp³-hybridized carbons (Fsp3) is 0.500. The first-order valence-electron chi connectivity index (χ1n) is 5.28. The molecule has 0 bridgehead atoms. The molecule has 15 heavy (non-hydrogen) atoms. The lowest BCUT2D eigenvalue weighted by atomic mass is 10.3. The highest BCUT2D eigenvalue weighted by atomic mass is 28.4. The van der Waals surface area contributed by atoms with Gasteiger partial charge in [0.1, 0.15) is 5.75 Å². The van der Waals surface area contributed by atoms with Crippen LogP contribution in [0.4, 0.5) is 0 Å². The minimum atomic E-state index is -1.77. The van der Waals surface area contributed by atoms with Gasteiger partial charge in [-0.05, 0) is 44.3 Å². The van der Waals surface area contributed by atoms with Crippen molar-refractivity contribution in [3.8, 4) is 5.75 Å². The summed E-state index contributed by atoms with van der Waals surface area (Å²) in [6.07, 6.45) is 0.276. The van der Waals surface area contributed by atoms with Crippen molar-refractivity contribution in [2.75, 3.05) is 7.11 Å². The zero-order chi connectivity index (χ0) is 11.5. The SMILES string of the molecule is COc1cccc([Si](C)(C)OC(C)C)c1. The topological polar surface area (TPSA) is 18.5 Å². The monoisotopic (exact) mass is 224 g/mol. The van der Waals surface area contributed by atoms with Crippen LogP contribution in [0.1, 0.15) is 13.8 Å². The first-order chi connectivity index (χ1) is 6.95. The Kier molecular flexibility index (Phi) is 3.94. The highest BCUT2D eigenvalue weighted by Gasteiger charge is 2.26. The third kappa shape index (κ3) is 3.36. The van der Waals surface area contributed by atoms with Gasteiger partial charge in [-0.1, -0.05) is 12.1 Å². The molecule has 0 radical (unpaired) electrons. The molecule has 1 rings (SSSR count). The molecule has 0 N–H and O–H groups in total. The molecule has 0 saturated heterocycles. The molecule has 0 atom stereocenters. The van der Waals surface area contributed by atoms with Crippen LogP contribution in [0.3, 0.4) is 0 Å². The van der Waals surface area contributed by atoms with Gasteiger partial charge in [-0.3, -0.25) is 0 Å². The molecule has 0 aromatic heterocycles. The fourth-order valence-electron chi connectivity index (χ4n) is 1.65. The van der Waals surface area contributed by atoms with Gasteiger partial charge >= 0.3 is 0 Å². The van der Waals surface area contributed by atoms with Crippen molar-refractivity contribution in [3.63, 3.8) is 0 Å². The summed E-state index contributed by atoms with van der Waals surface area (Å²) in [6, 6.07) is 8.18. The van der Waals surface area contributed by atoms with E-state index in [1.165, 1.54) is 5.19 Å². The van der Waals surface area contributed by atoms with Gasteiger partial charge < -0.3 is 9.16 Å². The van der Waals surface area contributed by atoms with Crippen LogP contribution in [0.15, 0.2) is 24.3 Å². The smallest absolute Gasteiger partial charge is 0.218 e. The van der Waals surface area contributed by atoms with Gasteiger partial charge in [-0.15, -0.1) is 0 Å². The number of hydrogen-bond acceptors (Lipinski definition) is 2. The van der Waals surface area contributed by atoms with Crippen molar-refractivity contribution in [3.05, 3.63) is 24.3 Å². The number of rotatable bonds is 4. The van der Waals surface area contributed by atoms with Crippen LogP contribution in [0.5, 0.6) is 5.75 Å². The van der Waals surface area contributed by atoms with E-state index in [9.17, 15) is 0 Å². The van der Waals surface area contributed by atoms with Crippen LogP contribution in [-0.4, -0.2) is 21.5 Å². The number of hydrogen-bond donors (Lipinski definition) is 0. The van der Waals surface area contributed by atoms with E-state index in [1.807, 2.05) is 12.1 Å². The summed E-state index contributed by atoms with van der Waals surface area (Å²) in [6.45, 7) is 8.58. The second-order valence-electron chi connectivity index (χ2n) is 4.41. The Labute approximate surface area is 93.4 Å². The Balaban J connectivity index is 2.93. The largest absolute Gasteiger partial charge is 0.497 e. The average Bonchev–Trinajstić information content (AvgIpc) is 2.16. The molecule has 1 aromatic carbocycles. The maximum absolute atomic E-state index is 6.01. The van der Waals surface area contributed by atoms with E-state index >= 15 is 0 Å². The molecule has 2 nitrogen and oxygen atoms in total. The van der Waals surface area contributed by atoms with E-state index in [-0.39, 0.29) is 6.10 Å². The van der Waals surface area contributed by atoms with Crippen LogP contribution in [0.2, 0.25) is 13.1 Å². The predicted octanol–water partition coefficient (Wildman–Crippen LogP) is 2.53. The van der Waals surface area contributed by atoms with E-state index in [0.29, 0.717) is 0 Å². The van der Waals surface area contributed by atoms with Crippen LogP contribution >= 0.6 is 0 Å². The Morgan fingerprint density at radius 1 is 1.20 bits per heavy atom. The minimum absolute atomic E-state index is 0.276. The lowest BCUT2D eigenvalue weighted by Gasteiger charge is -2.26. The summed E-state index contributed by atoms with van der Waals surface area (Å²) >= 11 is 0. The van der Waals surface area contributed by atoms with Crippen molar-refractivity contribution in [1.82, 2.24) is 0 Å². The zero-order valence-corrected chi connectivity index (χ0v) is 11.2. The van der Waals surface area contributed by atoms with Crippen molar-refractivity contribution in [1.29, 1.82) is 0 Å². The Morgan fingerprint density at radius 2 is 1.87 bits per heavy atom. The number of benzene rings is 1. The molecule has 0 spiro atoms. The number of ether oxygens (including phenoxy) is 1. The Morgan fingerprint density at radius 3 is 2.40 bits per heavy atom. The molecule has 3 heteroatoms. The molecule has 0 aliphatic carbocycles. The van der Waals surface area contributed by atoms with Gasteiger partial charge in [0.25, 0.3) is 0 Å². The lowest BCUT2D eigenvalue weighted by Crippen LogP contribution is -2.46. The normalized spacial score (nSPS) is 11.9. The van der Waals surface area contributed by atoms with Crippen molar-refractivity contribution in [2.24, 2.45) is 0 Å². The van der Waals surface area contributed by atoms with Gasteiger partial charge in [-0.2, -0.15) is 0 Å². The molecular formula is C12H20O2Si. The van der Waals surface area contributed by atoms with Crippen molar-refractivity contribution in [2.45, 2.75) is 33.0 Å². The van der Waals surface area contributed by atoms with Crippen molar-refractivity contribution >= 4 is 13.5 Å². The van der Waals surface area contributed by atoms with E-state index in [1.54, 1.807) is 7.11 Å². The summed E-state index contributed by atoms with van der Waals surface area (Å²) < 4.78 is 11.2. The summed E-state index contributed by atoms with van der Waals surface area (Å²) in [5.41, 5.74) is 0. The third-order valence-corrected chi connectivity index (χ3v) is 5.06. The summed E-state index contributed by atoms with van der Waals surface area (Å²) in [7, 11) is -0.0787. The predicted molar refractivity (Wildman–Crippen MR) is 66.3 cm³/mol. The van der Waals surface area contributed by atoms with E-state index in [0.717, 1.165) is 5.75 Å². The second-order valence-corrected chi connectivity index (χ2v) is 8.24. The van der Waals surface area contributed by atoms with Crippen LogP contribution in [-0.2, 0) is 4.43 Å². The van der Waals surface area contributed by atoms with Gasteiger partial charge in [0.2, 0.25) is 8.32 Å². The number of methoxy groups -OCH3 is 1. The second kappa shape index (κ2) is 4.81. The molecule has 0 saturated carbocycles. The molecular weight excluding hydrogens is 204 g/mol. The molecule has 0 fully saturated rings. The molecule has 0 heterocycles. The van der Waals surface area contributed by atoms with Crippen LogP contribution in [0, 0.1) is 0 Å². The Bertz CT molecular complexity index is 321. The summed E-state index contributed by atoms with van der Waals surface area (Å²) in [4.78, 5) is 0. The molecule has 0 amide bonds. The Hall–Kier alpha value is -0.803. The first kappa shape index (κ1) is 12.3. The van der Waals surface area contributed by atoms with E-state index in [2.05, 4.69) is 39.1 Å². The molecule has 1 aromatic rings. The maximum Gasteiger partial charge on any atom is 0.218 e. The average molecular weight is 224 g/mol.